The molecule has 1 atom stereocenters. The van der Waals surface area contributed by atoms with Gasteiger partial charge in [0, 0.05) is 16.6 Å². The summed E-state index contributed by atoms with van der Waals surface area (Å²) < 4.78 is 10.7. The van der Waals surface area contributed by atoms with E-state index in [9.17, 15) is 14.4 Å². The number of carbonyl (C=O) groups excluding carboxylic acids is 3. The lowest BCUT2D eigenvalue weighted by atomic mass is 10.1. The maximum Gasteiger partial charge on any atom is 0.257 e. The molecule has 1 aliphatic rings. The highest BCUT2D eigenvalue weighted by Crippen LogP contribution is 2.30. The molecule has 1 aliphatic heterocycles. The average molecular weight is 541 g/mol. The quantitative estimate of drug-likeness (QED) is 0.358. The summed E-state index contributed by atoms with van der Waals surface area (Å²) in [5, 5.41) is 1.06. The number of anilines is 1. The first-order valence-electron chi connectivity index (χ1n) is 11.7. The van der Waals surface area contributed by atoms with Crippen LogP contribution in [-0.2, 0) is 27.2 Å². The second-order valence-electron chi connectivity index (χ2n) is 8.59. The molecule has 3 amide bonds. The molecule has 7 nitrogen and oxygen atoms in total. The summed E-state index contributed by atoms with van der Waals surface area (Å²) in [4.78, 5) is 42.5. The van der Waals surface area contributed by atoms with Gasteiger partial charge < -0.3 is 14.4 Å². The Morgan fingerprint density at radius 1 is 0.892 bits per heavy atom. The number of halogens is 2. The monoisotopic (exact) mass is 540 g/mol. The molecule has 0 radical (unpaired) electrons. The number of methoxy groups -OCH3 is 2. The fourth-order valence-electron chi connectivity index (χ4n) is 4.34. The van der Waals surface area contributed by atoms with Gasteiger partial charge >= 0.3 is 0 Å². The van der Waals surface area contributed by atoms with Gasteiger partial charge in [-0.05, 0) is 66.1 Å². The van der Waals surface area contributed by atoms with E-state index < -0.39 is 11.9 Å². The van der Waals surface area contributed by atoms with Crippen LogP contribution in [0.2, 0.25) is 10.0 Å². The van der Waals surface area contributed by atoms with Crippen molar-refractivity contribution < 1.29 is 23.9 Å². The number of hydrogen-bond donors (Lipinski definition) is 0. The number of amides is 3. The Hall–Kier alpha value is -3.55. The molecule has 0 spiro atoms. The van der Waals surface area contributed by atoms with Crippen molar-refractivity contribution in [2.45, 2.75) is 25.3 Å². The molecule has 0 aliphatic carbocycles. The molecule has 1 fully saturated rings. The maximum atomic E-state index is 13.5. The molecule has 37 heavy (non-hydrogen) atoms. The van der Waals surface area contributed by atoms with Crippen LogP contribution in [0.4, 0.5) is 5.69 Å². The smallest absolute Gasteiger partial charge is 0.257 e. The highest BCUT2D eigenvalue weighted by atomic mass is 35.5. The van der Waals surface area contributed by atoms with Crippen molar-refractivity contribution in [1.82, 2.24) is 4.90 Å². The summed E-state index contributed by atoms with van der Waals surface area (Å²) in [6.07, 6.45) is 0.424. The van der Waals surface area contributed by atoms with Crippen LogP contribution in [0.5, 0.6) is 11.5 Å². The number of carbonyl (C=O) groups is 3. The first kappa shape index (κ1) is 26.5. The zero-order valence-corrected chi connectivity index (χ0v) is 22.0. The predicted octanol–water partition coefficient (Wildman–Crippen LogP) is 4.96. The second kappa shape index (κ2) is 11.7. The minimum atomic E-state index is -0.914. The summed E-state index contributed by atoms with van der Waals surface area (Å²) in [5.41, 5.74) is 2.08. The average Bonchev–Trinajstić information content (AvgIpc) is 3.19. The Bertz CT molecular complexity index is 1290. The van der Waals surface area contributed by atoms with Crippen LogP contribution < -0.4 is 14.4 Å². The lowest BCUT2D eigenvalue weighted by Gasteiger charge is -2.28. The van der Waals surface area contributed by atoms with Crippen LogP contribution >= 0.6 is 23.2 Å². The van der Waals surface area contributed by atoms with Gasteiger partial charge in [-0.25, -0.2) is 4.90 Å². The van der Waals surface area contributed by atoms with E-state index in [4.69, 9.17) is 32.7 Å². The lowest BCUT2D eigenvalue weighted by Crippen LogP contribution is -2.47. The van der Waals surface area contributed by atoms with Gasteiger partial charge in [0.25, 0.3) is 5.91 Å². The highest BCUT2D eigenvalue weighted by molar-refractivity contribution is 6.31. The van der Waals surface area contributed by atoms with Crippen LogP contribution in [0.15, 0.2) is 66.7 Å². The largest absolute Gasteiger partial charge is 0.493 e. The fourth-order valence-corrected chi connectivity index (χ4v) is 4.59. The Morgan fingerprint density at radius 3 is 2.11 bits per heavy atom. The van der Waals surface area contributed by atoms with Gasteiger partial charge in [0.15, 0.2) is 11.5 Å². The minimum Gasteiger partial charge on any atom is -0.493 e. The third-order valence-corrected chi connectivity index (χ3v) is 6.77. The predicted molar refractivity (Wildman–Crippen MR) is 142 cm³/mol. The second-order valence-corrected chi connectivity index (χ2v) is 9.47. The molecule has 9 heteroatoms. The van der Waals surface area contributed by atoms with Crippen molar-refractivity contribution in [2.24, 2.45) is 0 Å². The number of benzene rings is 3. The van der Waals surface area contributed by atoms with E-state index in [1.807, 2.05) is 12.1 Å². The van der Waals surface area contributed by atoms with E-state index in [2.05, 4.69) is 0 Å². The molecule has 1 saturated heterocycles. The van der Waals surface area contributed by atoms with Crippen molar-refractivity contribution in [3.05, 3.63) is 87.9 Å². The van der Waals surface area contributed by atoms with E-state index >= 15 is 0 Å². The van der Waals surface area contributed by atoms with Crippen molar-refractivity contribution in [1.29, 1.82) is 0 Å². The molecule has 0 aromatic heterocycles. The normalized spacial score (nSPS) is 15.1. The van der Waals surface area contributed by atoms with E-state index in [1.54, 1.807) is 68.8 Å². The van der Waals surface area contributed by atoms with Crippen LogP contribution in [0.3, 0.4) is 0 Å². The molecule has 3 aromatic rings. The Morgan fingerprint density at radius 2 is 1.49 bits per heavy atom. The highest BCUT2D eigenvalue weighted by Gasteiger charge is 2.44. The van der Waals surface area contributed by atoms with E-state index in [0.717, 1.165) is 16.0 Å². The van der Waals surface area contributed by atoms with Crippen molar-refractivity contribution >= 4 is 46.6 Å². The Labute approximate surface area is 225 Å². The number of nitrogens with zero attached hydrogens (tertiary/aromatic N) is 2. The first-order chi connectivity index (χ1) is 17.8. The Balaban J connectivity index is 1.59. The fraction of sp³-hybridized carbons (Fsp3) is 0.250. The van der Waals surface area contributed by atoms with Gasteiger partial charge in [0.2, 0.25) is 11.8 Å². The van der Waals surface area contributed by atoms with Crippen molar-refractivity contribution in [3.8, 4) is 11.5 Å². The van der Waals surface area contributed by atoms with Gasteiger partial charge in [-0.2, -0.15) is 0 Å². The number of ether oxygens (including phenoxy) is 2. The number of rotatable bonds is 9. The van der Waals surface area contributed by atoms with Crippen LogP contribution in [0, 0.1) is 0 Å². The molecular formula is C28H26Cl2N2O5. The molecule has 1 heterocycles. The van der Waals surface area contributed by atoms with Gasteiger partial charge in [0.1, 0.15) is 6.04 Å². The summed E-state index contributed by atoms with van der Waals surface area (Å²) in [5.74, 6) is 0.0981. The third kappa shape index (κ3) is 6.06. The van der Waals surface area contributed by atoms with Crippen LogP contribution in [-0.4, -0.2) is 49.4 Å². The van der Waals surface area contributed by atoms with E-state index in [1.165, 1.54) is 4.90 Å². The molecule has 3 aromatic carbocycles. The summed E-state index contributed by atoms with van der Waals surface area (Å²) in [6.45, 7) is 0.236. The van der Waals surface area contributed by atoms with Crippen LogP contribution in [0.1, 0.15) is 17.5 Å². The molecule has 4 rings (SSSR count). The molecule has 0 bridgehead atoms. The van der Waals surface area contributed by atoms with Gasteiger partial charge in [-0.15, -0.1) is 0 Å². The van der Waals surface area contributed by atoms with Crippen molar-refractivity contribution in [3.63, 3.8) is 0 Å². The summed E-state index contributed by atoms with van der Waals surface area (Å²) in [7, 11) is 3.11. The van der Waals surface area contributed by atoms with Crippen molar-refractivity contribution in [2.75, 3.05) is 25.7 Å². The molecule has 0 saturated carbocycles. The van der Waals surface area contributed by atoms with Gasteiger partial charge in [-0.1, -0.05) is 41.4 Å². The maximum absolute atomic E-state index is 13.5. The molecule has 0 N–H and O–H groups in total. The summed E-state index contributed by atoms with van der Waals surface area (Å²) >= 11 is 12.0. The third-order valence-electron chi connectivity index (χ3n) is 6.26. The standard InChI is InChI=1S/C28H26Cl2N2O5/c1-36-24-12-5-19(15-25(24)37-2)13-14-31(26(33)16-18-3-6-20(29)7-4-18)23-17-27(34)32(28(23)35)22-10-8-21(30)9-11-22/h3-12,15,23H,13-14,16-17H2,1-2H3. The van der Waals surface area contributed by atoms with Crippen LogP contribution in [0.25, 0.3) is 0 Å². The van der Waals surface area contributed by atoms with E-state index in [-0.39, 0.29) is 31.2 Å². The molecular weight excluding hydrogens is 515 g/mol. The zero-order chi connectivity index (χ0) is 26.5. The number of hydrogen-bond acceptors (Lipinski definition) is 5. The first-order valence-corrected chi connectivity index (χ1v) is 12.4. The SMILES string of the molecule is COc1ccc(CCN(C(=O)Cc2ccc(Cl)cc2)C2CC(=O)N(c3ccc(Cl)cc3)C2=O)cc1OC. The van der Waals surface area contributed by atoms with Gasteiger partial charge in [-0.3, -0.25) is 14.4 Å². The topological polar surface area (TPSA) is 76.2 Å². The Kier molecular flexibility index (Phi) is 8.36. The zero-order valence-electron chi connectivity index (χ0n) is 20.4. The lowest BCUT2D eigenvalue weighted by molar-refractivity contribution is -0.137. The van der Waals surface area contributed by atoms with E-state index in [0.29, 0.717) is 33.7 Å². The molecule has 1 unspecified atom stereocenters. The minimum absolute atomic E-state index is 0.0714. The number of imide groups is 1. The van der Waals surface area contributed by atoms with Gasteiger partial charge in [0.05, 0.1) is 32.7 Å². The molecule has 192 valence electrons. The summed E-state index contributed by atoms with van der Waals surface area (Å²) in [6, 6.07) is 18.0.